The van der Waals surface area contributed by atoms with Gasteiger partial charge in [-0.1, -0.05) is 19.9 Å². The average Bonchev–Trinajstić information content (AvgIpc) is 2.31. The van der Waals surface area contributed by atoms with E-state index in [1.807, 2.05) is 7.05 Å². The highest BCUT2D eigenvalue weighted by Gasteiger charge is 2.23. The Morgan fingerprint density at radius 2 is 1.84 bits per heavy atom. The highest BCUT2D eigenvalue weighted by Crippen LogP contribution is 2.25. The maximum Gasteiger partial charge on any atom is 0.130 e. The van der Waals surface area contributed by atoms with Gasteiger partial charge in [-0.15, -0.1) is 0 Å². The Morgan fingerprint density at radius 3 is 2.32 bits per heavy atom. The van der Waals surface area contributed by atoms with E-state index in [1.54, 1.807) is 0 Å². The molecule has 0 saturated carbocycles. The summed E-state index contributed by atoms with van der Waals surface area (Å²) in [6.45, 7) is 6.71. The van der Waals surface area contributed by atoms with Crippen molar-refractivity contribution in [3.63, 3.8) is 0 Å². The van der Waals surface area contributed by atoms with E-state index < -0.39 is 11.6 Å². The quantitative estimate of drug-likeness (QED) is 0.859. The van der Waals surface area contributed by atoms with Gasteiger partial charge in [-0.2, -0.15) is 0 Å². The normalized spacial score (nSPS) is 15.0. The van der Waals surface area contributed by atoms with Crippen molar-refractivity contribution in [2.75, 3.05) is 13.6 Å². The summed E-state index contributed by atoms with van der Waals surface area (Å²) in [4.78, 5) is 2.07. The van der Waals surface area contributed by atoms with Crippen molar-refractivity contribution >= 4 is 0 Å². The topological polar surface area (TPSA) is 29.3 Å². The van der Waals surface area contributed by atoms with Crippen LogP contribution in [0.5, 0.6) is 0 Å². The summed E-state index contributed by atoms with van der Waals surface area (Å²) < 4.78 is 26.8. The van der Waals surface area contributed by atoms with Gasteiger partial charge >= 0.3 is 0 Å². The van der Waals surface area contributed by atoms with Crippen molar-refractivity contribution < 1.29 is 8.78 Å². The summed E-state index contributed by atoms with van der Waals surface area (Å²) in [5.74, 6) is -0.525. The first-order valence-electron chi connectivity index (χ1n) is 6.73. The van der Waals surface area contributed by atoms with Crippen LogP contribution in [0.3, 0.4) is 0 Å². The van der Waals surface area contributed by atoms with E-state index in [2.05, 4.69) is 25.7 Å². The Hall–Kier alpha value is -1.00. The van der Waals surface area contributed by atoms with E-state index in [1.165, 1.54) is 12.1 Å². The Balaban J connectivity index is 2.93. The fourth-order valence-electron chi connectivity index (χ4n) is 2.44. The third-order valence-electron chi connectivity index (χ3n) is 3.54. The second kappa shape index (κ2) is 6.96. The molecule has 108 valence electrons. The number of halogens is 2. The second-order valence-corrected chi connectivity index (χ2v) is 5.56. The van der Waals surface area contributed by atoms with Gasteiger partial charge < -0.3 is 5.73 Å². The lowest BCUT2D eigenvalue weighted by atomic mass is 9.99. The zero-order valence-corrected chi connectivity index (χ0v) is 12.2. The Labute approximate surface area is 114 Å². The molecule has 0 spiro atoms. The average molecular weight is 270 g/mol. The van der Waals surface area contributed by atoms with Crippen molar-refractivity contribution in [3.05, 3.63) is 35.4 Å². The number of likely N-dealkylation sites (N-methyl/N-ethyl adjacent to an activating group) is 1. The fraction of sp³-hybridized carbons (Fsp3) is 0.600. The molecular weight excluding hydrogens is 246 g/mol. The summed E-state index contributed by atoms with van der Waals surface area (Å²) in [6.07, 6.45) is 1.01. The van der Waals surface area contributed by atoms with Gasteiger partial charge in [0, 0.05) is 30.3 Å². The van der Waals surface area contributed by atoms with E-state index in [4.69, 9.17) is 5.73 Å². The van der Waals surface area contributed by atoms with Crippen LogP contribution in [0, 0.1) is 17.6 Å². The predicted octanol–water partition coefficient (Wildman–Crippen LogP) is 3.33. The fourth-order valence-corrected chi connectivity index (χ4v) is 2.44. The van der Waals surface area contributed by atoms with Gasteiger partial charge in [0.1, 0.15) is 11.6 Å². The molecule has 2 unspecified atom stereocenters. The molecule has 0 heterocycles. The van der Waals surface area contributed by atoms with E-state index in [0.717, 1.165) is 12.5 Å². The molecule has 0 fully saturated rings. The van der Waals surface area contributed by atoms with Gasteiger partial charge in [0.25, 0.3) is 0 Å². The summed E-state index contributed by atoms with van der Waals surface area (Å²) in [6, 6.07) is 3.74. The predicted molar refractivity (Wildman–Crippen MR) is 74.8 cm³/mol. The molecule has 0 bridgehead atoms. The van der Waals surface area contributed by atoms with Crippen LogP contribution in [-0.4, -0.2) is 24.5 Å². The molecule has 1 rings (SSSR count). The minimum Gasteiger partial charge on any atom is -0.329 e. The van der Waals surface area contributed by atoms with E-state index in [-0.39, 0.29) is 12.1 Å². The second-order valence-electron chi connectivity index (χ2n) is 5.56. The van der Waals surface area contributed by atoms with Gasteiger partial charge in [0.05, 0.1) is 0 Å². The van der Waals surface area contributed by atoms with E-state index >= 15 is 0 Å². The Morgan fingerprint density at radius 1 is 1.21 bits per heavy atom. The molecule has 0 saturated heterocycles. The molecule has 0 aliphatic rings. The summed E-state index contributed by atoms with van der Waals surface area (Å²) in [7, 11) is 1.94. The molecular formula is C15H24F2N2. The third kappa shape index (κ3) is 4.25. The summed E-state index contributed by atoms with van der Waals surface area (Å²) in [5, 5.41) is 0. The maximum atomic E-state index is 13.9. The lowest BCUT2D eigenvalue weighted by Crippen LogP contribution is -2.38. The summed E-state index contributed by atoms with van der Waals surface area (Å²) >= 11 is 0. The van der Waals surface area contributed by atoms with Crippen LogP contribution in [-0.2, 0) is 0 Å². The molecule has 2 nitrogen and oxygen atoms in total. The number of hydrogen-bond acceptors (Lipinski definition) is 2. The first-order chi connectivity index (χ1) is 8.86. The maximum absolute atomic E-state index is 13.9. The van der Waals surface area contributed by atoms with Crippen molar-refractivity contribution in [2.45, 2.75) is 39.3 Å². The lowest BCUT2D eigenvalue weighted by molar-refractivity contribution is 0.166. The molecule has 4 heteroatoms. The monoisotopic (exact) mass is 270 g/mol. The molecule has 19 heavy (non-hydrogen) atoms. The van der Waals surface area contributed by atoms with Gasteiger partial charge in [-0.25, -0.2) is 8.78 Å². The Kier molecular flexibility index (Phi) is 5.88. The molecule has 0 aliphatic carbocycles. The largest absolute Gasteiger partial charge is 0.329 e. The third-order valence-corrected chi connectivity index (χ3v) is 3.54. The first kappa shape index (κ1) is 16.1. The first-order valence-corrected chi connectivity index (χ1v) is 6.73. The standard InChI is InChI=1S/C15H24F2N2/c1-10(2)7-11(3)19(4)15(9-18)13-6-5-12(16)8-14(13)17/h5-6,8,10-11,15H,7,9,18H2,1-4H3. The van der Waals surface area contributed by atoms with Crippen molar-refractivity contribution in [3.8, 4) is 0 Å². The number of nitrogens with two attached hydrogens (primary N) is 1. The van der Waals surface area contributed by atoms with Crippen LogP contribution in [0.1, 0.15) is 38.8 Å². The Bertz CT molecular complexity index is 407. The molecule has 2 N–H and O–H groups in total. The van der Waals surface area contributed by atoms with Crippen LogP contribution in [0.2, 0.25) is 0 Å². The van der Waals surface area contributed by atoms with Crippen molar-refractivity contribution in [1.82, 2.24) is 4.90 Å². The van der Waals surface area contributed by atoms with Crippen LogP contribution in [0.25, 0.3) is 0 Å². The lowest BCUT2D eigenvalue weighted by Gasteiger charge is -2.33. The SMILES string of the molecule is CC(C)CC(C)N(C)C(CN)c1ccc(F)cc1F. The molecule has 0 aliphatic heterocycles. The highest BCUT2D eigenvalue weighted by molar-refractivity contribution is 5.22. The van der Waals surface area contributed by atoms with Gasteiger partial charge in [0.15, 0.2) is 0 Å². The van der Waals surface area contributed by atoms with Gasteiger partial charge in [-0.3, -0.25) is 4.90 Å². The zero-order chi connectivity index (χ0) is 14.6. The van der Waals surface area contributed by atoms with Crippen LogP contribution >= 0.6 is 0 Å². The van der Waals surface area contributed by atoms with E-state index in [0.29, 0.717) is 18.0 Å². The number of rotatable bonds is 6. The highest BCUT2D eigenvalue weighted by atomic mass is 19.1. The molecule has 1 aromatic carbocycles. The smallest absolute Gasteiger partial charge is 0.130 e. The molecule has 0 radical (unpaired) electrons. The molecule has 1 aromatic rings. The number of nitrogens with zero attached hydrogens (tertiary/aromatic N) is 1. The number of hydrogen-bond donors (Lipinski definition) is 1. The minimum atomic E-state index is -0.560. The van der Waals surface area contributed by atoms with Crippen LogP contribution in [0.4, 0.5) is 8.78 Å². The van der Waals surface area contributed by atoms with Gasteiger partial charge in [0.2, 0.25) is 0 Å². The van der Waals surface area contributed by atoms with Crippen LogP contribution < -0.4 is 5.73 Å². The van der Waals surface area contributed by atoms with Crippen molar-refractivity contribution in [2.24, 2.45) is 11.7 Å². The molecule has 2 atom stereocenters. The minimum absolute atomic E-state index is 0.227. The van der Waals surface area contributed by atoms with E-state index in [9.17, 15) is 8.78 Å². The summed E-state index contributed by atoms with van der Waals surface area (Å²) in [5.41, 5.74) is 6.24. The van der Waals surface area contributed by atoms with Crippen LogP contribution in [0.15, 0.2) is 18.2 Å². The number of benzene rings is 1. The zero-order valence-electron chi connectivity index (χ0n) is 12.2. The van der Waals surface area contributed by atoms with Crippen molar-refractivity contribution in [1.29, 1.82) is 0 Å². The van der Waals surface area contributed by atoms with Gasteiger partial charge in [-0.05, 0) is 32.4 Å². The molecule has 0 amide bonds. The molecule has 0 aromatic heterocycles.